The molecule has 4 heterocycles. The van der Waals surface area contributed by atoms with E-state index in [9.17, 15) is 19.2 Å². The summed E-state index contributed by atoms with van der Waals surface area (Å²) in [7, 11) is 1.24. The van der Waals surface area contributed by atoms with Crippen molar-refractivity contribution < 1.29 is 23.9 Å². The number of anilines is 2. The number of carbonyl (C=O) groups is 4. The van der Waals surface area contributed by atoms with Crippen LogP contribution >= 0.6 is 11.6 Å². The number of amides is 3. The molecule has 7 rings (SSSR count). The summed E-state index contributed by atoms with van der Waals surface area (Å²) in [4.78, 5) is 59.3. The fourth-order valence-electron chi connectivity index (χ4n) is 6.67. The van der Waals surface area contributed by atoms with Crippen LogP contribution < -0.4 is 15.5 Å². The molecule has 1 spiro atoms. The van der Waals surface area contributed by atoms with Gasteiger partial charge in [-0.1, -0.05) is 41.9 Å². The Labute approximate surface area is 233 Å². The lowest BCUT2D eigenvalue weighted by Crippen LogP contribution is -2.53. The van der Waals surface area contributed by atoms with Crippen molar-refractivity contribution in [2.75, 3.05) is 17.3 Å². The Bertz CT molecular complexity index is 1770. The zero-order chi connectivity index (χ0) is 27.8. The number of hydrogen-bond acceptors (Lipinski definition) is 6. The van der Waals surface area contributed by atoms with E-state index in [1.54, 1.807) is 30.3 Å². The standard InChI is InChI=1S/C30H23ClN4O5/c1-40-28(38)18-7-3-5-9-23(18)35-26(36)24-22(12-15-14-32-20-8-4-2-6-17(15)20)34-30(25(24)27(35)37)19-13-16(31)10-11-21(19)33-29(30)39/h2-11,13-14,22,24-25,32,34H,12H2,1H3,(H,33,39)/t22-,24+,25-,30+/m0/s1. The van der Waals surface area contributed by atoms with Crippen LogP contribution in [0.25, 0.3) is 10.9 Å². The molecule has 10 heteroatoms. The Morgan fingerprint density at radius 1 is 1.02 bits per heavy atom. The second kappa shape index (κ2) is 8.77. The van der Waals surface area contributed by atoms with Crippen LogP contribution in [0.4, 0.5) is 11.4 Å². The number of methoxy groups -OCH3 is 1. The molecule has 2 fully saturated rings. The highest BCUT2D eigenvalue weighted by molar-refractivity contribution is 6.31. The molecule has 0 aliphatic carbocycles. The minimum absolute atomic E-state index is 0.0844. The largest absolute Gasteiger partial charge is 0.465 e. The monoisotopic (exact) mass is 554 g/mol. The topological polar surface area (TPSA) is 121 Å². The SMILES string of the molecule is COC(=O)c1ccccc1N1C(=O)[C@@H]2[C@H](Cc3c[nH]c4ccccc34)N[C@@]3(C(=O)Nc4ccc(Cl)cc43)[C@@H]2C1=O. The first-order valence-electron chi connectivity index (χ1n) is 12.8. The van der Waals surface area contributed by atoms with E-state index >= 15 is 0 Å². The average molecular weight is 555 g/mol. The van der Waals surface area contributed by atoms with Gasteiger partial charge in [-0.05, 0) is 48.4 Å². The number of carbonyl (C=O) groups excluding carboxylic acids is 4. The van der Waals surface area contributed by atoms with Crippen LogP contribution in [0.5, 0.6) is 0 Å². The number of nitrogens with one attached hydrogen (secondary N) is 3. The molecule has 2 saturated heterocycles. The van der Waals surface area contributed by atoms with E-state index in [2.05, 4.69) is 15.6 Å². The number of rotatable bonds is 4. The number of fused-ring (bicyclic) bond motifs is 5. The van der Waals surface area contributed by atoms with Crippen LogP contribution in [0.2, 0.25) is 5.02 Å². The maximum atomic E-state index is 14.3. The summed E-state index contributed by atoms with van der Waals surface area (Å²) in [6.45, 7) is 0. The zero-order valence-corrected chi connectivity index (χ0v) is 22.0. The quantitative estimate of drug-likeness (QED) is 0.261. The molecule has 0 unspecified atom stereocenters. The number of esters is 1. The number of para-hydroxylation sites is 2. The van der Waals surface area contributed by atoms with Crippen LogP contribution in [0.15, 0.2) is 72.9 Å². The van der Waals surface area contributed by atoms with Crippen LogP contribution in [0.3, 0.4) is 0 Å². The van der Waals surface area contributed by atoms with Gasteiger partial charge in [-0.2, -0.15) is 0 Å². The summed E-state index contributed by atoms with van der Waals surface area (Å²) in [6, 6.07) is 18.6. The van der Waals surface area contributed by atoms with Crippen molar-refractivity contribution in [3.05, 3.63) is 94.6 Å². The van der Waals surface area contributed by atoms with E-state index in [0.29, 0.717) is 22.7 Å². The molecule has 3 N–H and O–H groups in total. The number of nitrogens with zero attached hydrogens (tertiary/aromatic N) is 1. The third-order valence-corrected chi connectivity index (χ3v) is 8.58. The van der Waals surface area contributed by atoms with E-state index in [4.69, 9.17) is 16.3 Å². The second-order valence-corrected chi connectivity index (χ2v) is 10.7. The molecule has 40 heavy (non-hydrogen) atoms. The zero-order valence-electron chi connectivity index (χ0n) is 21.2. The number of ether oxygens (including phenoxy) is 1. The van der Waals surface area contributed by atoms with E-state index in [1.165, 1.54) is 19.2 Å². The number of halogens is 1. The summed E-state index contributed by atoms with van der Waals surface area (Å²) in [5.41, 5.74) is 1.63. The number of H-pyrrole nitrogens is 1. The lowest BCUT2D eigenvalue weighted by molar-refractivity contribution is -0.130. The van der Waals surface area contributed by atoms with Crippen LogP contribution in [0, 0.1) is 11.8 Å². The van der Waals surface area contributed by atoms with Gasteiger partial charge >= 0.3 is 5.97 Å². The lowest BCUT2D eigenvalue weighted by Gasteiger charge is -2.30. The van der Waals surface area contributed by atoms with Gasteiger partial charge in [0.25, 0.3) is 0 Å². The minimum Gasteiger partial charge on any atom is -0.465 e. The van der Waals surface area contributed by atoms with Crippen molar-refractivity contribution in [3.8, 4) is 0 Å². The third-order valence-electron chi connectivity index (χ3n) is 8.34. The Hall–Kier alpha value is -4.47. The molecular formula is C30H23ClN4O5. The van der Waals surface area contributed by atoms with E-state index in [0.717, 1.165) is 21.4 Å². The van der Waals surface area contributed by atoms with Gasteiger partial charge in [0.05, 0.1) is 30.2 Å². The van der Waals surface area contributed by atoms with Crippen LogP contribution in [-0.4, -0.2) is 41.8 Å². The Kier molecular flexibility index (Phi) is 5.39. The number of imide groups is 1. The molecule has 0 saturated carbocycles. The summed E-state index contributed by atoms with van der Waals surface area (Å²) >= 11 is 6.37. The van der Waals surface area contributed by atoms with Crippen molar-refractivity contribution >= 4 is 57.6 Å². The summed E-state index contributed by atoms with van der Waals surface area (Å²) in [5.74, 6) is -4.10. The van der Waals surface area contributed by atoms with Crippen LogP contribution in [0.1, 0.15) is 21.5 Å². The summed E-state index contributed by atoms with van der Waals surface area (Å²) in [5, 5.41) is 7.72. The van der Waals surface area contributed by atoms with Gasteiger partial charge in [-0.15, -0.1) is 0 Å². The highest BCUT2D eigenvalue weighted by Gasteiger charge is 2.70. The van der Waals surface area contributed by atoms with E-state index in [-0.39, 0.29) is 11.3 Å². The minimum atomic E-state index is -1.52. The Balaban J connectivity index is 1.40. The van der Waals surface area contributed by atoms with Gasteiger partial charge in [0.15, 0.2) is 0 Å². The molecule has 4 atom stereocenters. The molecule has 9 nitrogen and oxygen atoms in total. The van der Waals surface area contributed by atoms with Crippen molar-refractivity contribution in [3.63, 3.8) is 0 Å². The molecule has 0 bridgehead atoms. The molecule has 3 aromatic carbocycles. The molecular weight excluding hydrogens is 532 g/mol. The van der Waals surface area contributed by atoms with Crippen molar-refractivity contribution in [2.24, 2.45) is 11.8 Å². The van der Waals surface area contributed by atoms with E-state index < -0.39 is 47.1 Å². The maximum Gasteiger partial charge on any atom is 0.339 e. The predicted molar refractivity (Wildman–Crippen MR) is 148 cm³/mol. The van der Waals surface area contributed by atoms with Crippen molar-refractivity contribution in [2.45, 2.75) is 18.0 Å². The van der Waals surface area contributed by atoms with Crippen LogP contribution in [-0.2, 0) is 31.1 Å². The molecule has 3 aliphatic heterocycles. The van der Waals surface area contributed by atoms with Gasteiger partial charge < -0.3 is 15.0 Å². The second-order valence-electron chi connectivity index (χ2n) is 10.3. The first kappa shape index (κ1) is 24.6. The van der Waals surface area contributed by atoms with E-state index in [1.807, 2.05) is 30.5 Å². The third kappa shape index (κ3) is 3.25. The van der Waals surface area contributed by atoms with Gasteiger partial charge in [0.2, 0.25) is 17.7 Å². The molecule has 1 aromatic heterocycles. The fraction of sp³-hybridized carbons (Fsp3) is 0.200. The summed E-state index contributed by atoms with van der Waals surface area (Å²) in [6.07, 6.45) is 2.26. The smallest absolute Gasteiger partial charge is 0.339 e. The predicted octanol–water partition coefficient (Wildman–Crippen LogP) is 3.78. The van der Waals surface area contributed by atoms with Crippen molar-refractivity contribution in [1.82, 2.24) is 10.3 Å². The van der Waals surface area contributed by atoms with Gasteiger partial charge in [0, 0.05) is 39.4 Å². The van der Waals surface area contributed by atoms with Crippen molar-refractivity contribution in [1.29, 1.82) is 0 Å². The normalized spacial score (nSPS) is 25.0. The average Bonchev–Trinajstić information content (AvgIpc) is 3.67. The highest BCUT2D eigenvalue weighted by Crippen LogP contribution is 2.54. The summed E-state index contributed by atoms with van der Waals surface area (Å²) < 4.78 is 4.92. The van der Waals surface area contributed by atoms with Gasteiger partial charge in [0.1, 0.15) is 5.54 Å². The first-order valence-corrected chi connectivity index (χ1v) is 13.2. The number of aromatic nitrogens is 1. The number of benzene rings is 3. The highest BCUT2D eigenvalue weighted by atomic mass is 35.5. The fourth-order valence-corrected chi connectivity index (χ4v) is 6.85. The molecule has 3 aliphatic rings. The molecule has 0 radical (unpaired) electrons. The molecule has 200 valence electrons. The molecule has 3 amide bonds. The Morgan fingerprint density at radius 2 is 1.80 bits per heavy atom. The maximum absolute atomic E-state index is 14.3. The lowest BCUT2D eigenvalue weighted by atomic mass is 9.76. The first-order chi connectivity index (χ1) is 19.3. The Morgan fingerprint density at radius 3 is 2.62 bits per heavy atom. The number of aromatic amines is 1. The number of hydrogen-bond donors (Lipinski definition) is 3. The van der Waals surface area contributed by atoms with Gasteiger partial charge in [-0.3, -0.25) is 19.7 Å². The van der Waals surface area contributed by atoms with Gasteiger partial charge in [-0.25, -0.2) is 9.69 Å². The molecule has 4 aromatic rings.